The maximum atomic E-state index is 14.9. The number of aliphatic hydroxyl groups excluding tert-OH is 1. The molecule has 1 aliphatic heterocycles. The second-order valence-corrected chi connectivity index (χ2v) is 8.72. The molecule has 1 aliphatic rings. The first-order valence-corrected chi connectivity index (χ1v) is 11.9. The van der Waals surface area contributed by atoms with Crippen LogP contribution in [0.2, 0.25) is 0 Å². The average molecular weight is 493 g/mol. The van der Waals surface area contributed by atoms with E-state index >= 15 is 0 Å². The van der Waals surface area contributed by atoms with Crippen LogP contribution in [-0.2, 0) is 0 Å². The van der Waals surface area contributed by atoms with Crippen LogP contribution in [0.4, 0.5) is 16.0 Å². The predicted molar refractivity (Wildman–Crippen MR) is 135 cm³/mol. The van der Waals surface area contributed by atoms with Gasteiger partial charge < -0.3 is 19.9 Å². The number of nitrogens with zero attached hydrogens (tertiary/aromatic N) is 5. The van der Waals surface area contributed by atoms with Crippen LogP contribution in [-0.4, -0.2) is 76.2 Å². The zero-order valence-electron chi connectivity index (χ0n) is 20.3. The molecule has 0 saturated carbocycles. The van der Waals surface area contributed by atoms with Crippen LogP contribution in [0.25, 0.3) is 16.8 Å². The highest BCUT2D eigenvalue weighted by Crippen LogP contribution is 2.36. The van der Waals surface area contributed by atoms with Gasteiger partial charge in [-0.3, -0.25) is 4.90 Å². The van der Waals surface area contributed by atoms with Gasteiger partial charge in [-0.05, 0) is 54.9 Å². The van der Waals surface area contributed by atoms with Gasteiger partial charge in [-0.1, -0.05) is 6.07 Å². The van der Waals surface area contributed by atoms with Gasteiger partial charge in [0, 0.05) is 25.2 Å². The largest absolute Gasteiger partial charge is 0.495 e. The number of fused-ring (bicyclic) bond motifs is 1. The second kappa shape index (κ2) is 10.5. The summed E-state index contributed by atoms with van der Waals surface area (Å²) in [5.74, 6) is 1.26. The van der Waals surface area contributed by atoms with Crippen molar-refractivity contribution in [1.29, 1.82) is 0 Å². The van der Waals surface area contributed by atoms with Crippen LogP contribution >= 0.6 is 0 Å². The highest BCUT2D eigenvalue weighted by atomic mass is 19.1. The number of hydrogen-bond acceptors (Lipinski definition) is 8. The highest BCUT2D eigenvalue weighted by molar-refractivity contribution is 5.71. The van der Waals surface area contributed by atoms with Crippen LogP contribution < -0.4 is 14.8 Å². The number of anilines is 2. The molecule has 0 spiro atoms. The molecule has 1 fully saturated rings. The van der Waals surface area contributed by atoms with Crippen molar-refractivity contribution in [3.05, 3.63) is 60.4 Å². The van der Waals surface area contributed by atoms with E-state index in [1.807, 2.05) is 47.4 Å². The Bertz CT molecular complexity index is 1350. The van der Waals surface area contributed by atoms with Crippen LogP contribution in [0.5, 0.6) is 11.6 Å². The SMILES string of the molecule is COc1cc([C@@H]2CCN(CCO)C[C@H]2F)ccc1Nc1ncc2ccc(-c3cccnc3OC)n2n1. The van der Waals surface area contributed by atoms with Crippen molar-refractivity contribution in [2.75, 3.05) is 45.8 Å². The third kappa shape index (κ3) is 4.69. The minimum absolute atomic E-state index is 0.0414. The van der Waals surface area contributed by atoms with Crippen LogP contribution in [0.15, 0.2) is 54.9 Å². The van der Waals surface area contributed by atoms with Crippen molar-refractivity contribution in [2.24, 2.45) is 0 Å². The van der Waals surface area contributed by atoms with Gasteiger partial charge in [-0.2, -0.15) is 0 Å². The standard InChI is InChI=1S/C26H29FN6O3/c1-35-24-14-17(19-9-11-32(12-13-34)16-21(19)27)5-7-22(24)30-26-29-15-18-6-8-23(33(18)31-26)20-4-3-10-28-25(20)36-2/h3-8,10,14-15,19,21,34H,9,11-13,16H2,1-2H3,(H,30,31)/t19-,21+/m0/s1. The monoisotopic (exact) mass is 492 g/mol. The molecular weight excluding hydrogens is 463 g/mol. The summed E-state index contributed by atoms with van der Waals surface area (Å²) >= 11 is 0. The number of β-amino-alcohol motifs (C(OH)–C–C–N with tert-alkyl or cyclic N) is 1. The van der Waals surface area contributed by atoms with Gasteiger partial charge in [0.15, 0.2) is 0 Å². The fraction of sp³-hybridized carbons (Fsp3) is 0.346. The lowest BCUT2D eigenvalue weighted by molar-refractivity contribution is 0.0995. The highest BCUT2D eigenvalue weighted by Gasteiger charge is 2.30. The summed E-state index contributed by atoms with van der Waals surface area (Å²) in [6, 6.07) is 13.3. The van der Waals surface area contributed by atoms with Crippen molar-refractivity contribution < 1.29 is 19.0 Å². The van der Waals surface area contributed by atoms with Crippen molar-refractivity contribution >= 4 is 17.2 Å². The number of aromatic nitrogens is 4. The average Bonchev–Trinajstić information content (AvgIpc) is 3.32. The number of pyridine rings is 1. The lowest BCUT2D eigenvalue weighted by atomic mass is 9.87. The Labute approximate surface area is 208 Å². The maximum absolute atomic E-state index is 14.9. The molecule has 2 N–H and O–H groups in total. The lowest BCUT2D eigenvalue weighted by Crippen LogP contribution is -2.42. The number of rotatable bonds is 8. The Morgan fingerprint density at radius 1 is 1.14 bits per heavy atom. The molecule has 2 atom stereocenters. The smallest absolute Gasteiger partial charge is 0.245 e. The number of hydrogen-bond donors (Lipinski definition) is 2. The Hall–Kier alpha value is -3.76. The number of aliphatic hydroxyl groups is 1. The second-order valence-electron chi connectivity index (χ2n) is 8.72. The van der Waals surface area contributed by atoms with Gasteiger partial charge >= 0.3 is 0 Å². The molecule has 0 radical (unpaired) electrons. The molecule has 36 heavy (non-hydrogen) atoms. The Balaban J connectivity index is 1.40. The first kappa shape index (κ1) is 24.0. The van der Waals surface area contributed by atoms with E-state index in [0.717, 1.165) is 28.9 Å². The number of alkyl halides is 1. The van der Waals surface area contributed by atoms with E-state index in [0.29, 0.717) is 42.8 Å². The van der Waals surface area contributed by atoms with E-state index in [1.54, 1.807) is 31.1 Å². The molecule has 0 bridgehead atoms. The molecule has 0 amide bonds. The fourth-order valence-corrected chi connectivity index (χ4v) is 4.76. The molecule has 4 aromatic rings. The van der Waals surface area contributed by atoms with Crippen LogP contribution in [0.1, 0.15) is 17.9 Å². The van der Waals surface area contributed by atoms with Gasteiger partial charge in [0.1, 0.15) is 11.9 Å². The van der Waals surface area contributed by atoms with E-state index in [4.69, 9.17) is 14.6 Å². The zero-order chi connectivity index (χ0) is 25.1. The molecule has 5 rings (SSSR count). The van der Waals surface area contributed by atoms with E-state index in [1.165, 1.54) is 0 Å². The summed E-state index contributed by atoms with van der Waals surface area (Å²) < 4.78 is 27.7. The van der Waals surface area contributed by atoms with Gasteiger partial charge in [0.25, 0.3) is 0 Å². The molecule has 3 aromatic heterocycles. The van der Waals surface area contributed by atoms with E-state index in [9.17, 15) is 4.39 Å². The molecular formula is C26H29FN6O3. The molecule has 1 aromatic carbocycles. The third-order valence-corrected chi connectivity index (χ3v) is 6.58. The van der Waals surface area contributed by atoms with Crippen molar-refractivity contribution in [1.82, 2.24) is 24.5 Å². The minimum Gasteiger partial charge on any atom is -0.495 e. The van der Waals surface area contributed by atoms with Crippen molar-refractivity contribution in [3.8, 4) is 22.9 Å². The van der Waals surface area contributed by atoms with Gasteiger partial charge in [0.2, 0.25) is 11.8 Å². The first-order valence-electron chi connectivity index (χ1n) is 11.9. The van der Waals surface area contributed by atoms with Crippen LogP contribution in [0.3, 0.4) is 0 Å². The topological polar surface area (TPSA) is 97.0 Å². The van der Waals surface area contributed by atoms with E-state index in [2.05, 4.69) is 20.4 Å². The molecule has 1 saturated heterocycles. The summed E-state index contributed by atoms with van der Waals surface area (Å²) in [4.78, 5) is 10.7. The third-order valence-electron chi connectivity index (χ3n) is 6.58. The Morgan fingerprint density at radius 3 is 2.81 bits per heavy atom. The summed E-state index contributed by atoms with van der Waals surface area (Å²) in [5.41, 5.74) is 4.04. The first-order chi connectivity index (χ1) is 17.6. The van der Waals surface area contributed by atoms with Gasteiger partial charge in [-0.15, -0.1) is 5.10 Å². The number of benzene rings is 1. The molecule has 10 heteroatoms. The quantitative estimate of drug-likeness (QED) is 0.385. The number of likely N-dealkylation sites (tertiary alicyclic amines) is 1. The number of piperidine rings is 1. The molecule has 4 heterocycles. The summed E-state index contributed by atoms with van der Waals surface area (Å²) in [6.07, 6.45) is 3.09. The molecule has 0 unspecified atom stereocenters. The zero-order valence-corrected chi connectivity index (χ0v) is 20.3. The number of methoxy groups -OCH3 is 2. The van der Waals surface area contributed by atoms with Crippen molar-refractivity contribution in [3.63, 3.8) is 0 Å². The minimum atomic E-state index is -1.00. The molecule has 0 aliphatic carbocycles. The van der Waals surface area contributed by atoms with Gasteiger partial charge in [0.05, 0.1) is 49.5 Å². The number of ether oxygens (including phenoxy) is 2. The summed E-state index contributed by atoms with van der Waals surface area (Å²) in [7, 11) is 3.17. The van der Waals surface area contributed by atoms with E-state index in [-0.39, 0.29) is 12.5 Å². The maximum Gasteiger partial charge on any atom is 0.245 e. The fourth-order valence-electron chi connectivity index (χ4n) is 4.76. The van der Waals surface area contributed by atoms with E-state index < -0.39 is 6.17 Å². The Kier molecular flexibility index (Phi) is 6.97. The number of halogens is 1. The summed E-state index contributed by atoms with van der Waals surface area (Å²) in [5, 5.41) is 17.1. The van der Waals surface area contributed by atoms with Crippen LogP contribution in [0, 0.1) is 0 Å². The summed E-state index contributed by atoms with van der Waals surface area (Å²) in [6.45, 7) is 1.62. The Morgan fingerprint density at radius 2 is 2.03 bits per heavy atom. The normalized spacial score (nSPS) is 18.3. The van der Waals surface area contributed by atoms with Gasteiger partial charge in [-0.25, -0.2) is 18.9 Å². The lowest BCUT2D eigenvalue weighted by Gasteiger charge is -2.34. The molecule has 188 valence electrons. The number of nitrogens with one attached hydrogen (secondary N) is 1. The molecule has 9 nitrogen and oxygen atoms in total. The van der Waals surface area contributed by atoms with Crippen molar-refractivity contribution in [2.45, 2.75) is 18.5 Å². The predicted octanol–water partition coefficient (Wildman–Crippen LogP) is 3.67.